The second-order valence-electron chi connectivity index (χ2n) is 5.48. The van der Waals surface area contributed by atoms with E-state index >= 15 is 0 Å². The molecule has 0 spiro atoms. The van der Waals surface area contributed by atoms with Crippen LogP contribution in [-0.4, -0.2) is 29.2 Å². The van der Waals surface area contributed by atoms with Crippen molar-refractivity contribution in [1.29, 1.82) is 0 Å². The largest absolute Gasteiger partial charge is 0.324 e. The third-order valence-corrected chi connectivity index (χ3v) is 4.68. The van der Waals surface area contributed by atoms with Crippen molar-refractivity contribution in [3.05, 3.63) is 40.0 Å². The van der Waals surface area contributed by atoms with Crippen LogP contribution in [0.1, 0.15) is 12.8 Å². The topological polar surface area (TPSA) is 66.5 Å². The summed E-state index contributed by atoms with van der Waals surface area (Å²) in [4.78, 5) is 37.8. The van der Waals surface area contributed by atoms with Gasteiger partial charge < -0.3 is 5.32 Å². The third-order valence-electron chi connectivity index (χ3n) is 4.01. The Hall–Kier alpha value is -1.70. The van der Waals surface area contributed by atoms with Gasteiger partial charge in [0, 0.05) is 9.26 Å². The number of nitrogens with one attached hydrogen (secondary N) is 1. The van der Waals surface area contributed by atoms with Gasteiger partial charge in [0.15, 0.2) is 0 Å². The maximum Gasteiger partial charge on any atom is 0.244 e. The molecule has 5 nitrogen and oxygen atoms in total. The van der Waals surface area contributed by atoms with Crippen LogP contribution >= 0.6 is 22.6 Å². The number of anilines is 1. The van der Waals surface area contributed by atoms with Crippen molar-refractivity contribution in [3.63, 3.8) is 0 Å². The molecule has 1 fully saturated rings. The quantitative estimate of drug-likeness (QED) is 0.472. The van der Waals surface area contributed by atoms with Crippen molar-refractivity contribution in [3.8, 4) is 0 Å². The van der Waals surface area contributed by atoms with E-state index < -0.39 is 0 Å². The Labute approximate surface area is 141 Å². The van der Waals surface area contributed by atoms with E-state index in [1.54, 1.807) is 6.07 Å². The maximum absolute atomic E-state index is 12.3. The first kappa shape index (κ1) is 15.2. The van der Waals surface area contributed by atoms with Crippen LogP contribution in [0.3, 0.4) is 0 Å². The number of allylic oxidation sites excluding steroid dienone is 2. The smallest absolute Gasteiger partial charge is 0.244 e. The summed E-state index contributed by atoms with van der Waals surface area (Å²) in [7, 11) is 0. The fourth-order valence-electron chi connectivity index (χ4n) is 2.94. The number of likely N-dealkylation sites (tertiary alicyclic amines) is 1. The third kappa shape index (κ3) is 2.92. The number of fused-ring (bicyclic) bond motifs is 1. The molecule has 3 rings (SSSR count). The maximum atomic E-state index is 12.3. The highest BCUT2D eigenvalue weighted by Crippen LogP contribution is 2.34. The zero-order chi connectivity index (χ0) is 15.7. The Morgan fingerprint density at radius 2 is 1.82 bits per heavy atom. The highest BCUT2D eigenvalue weighted by molar-refractivity contribution is 14.1. The van der Waals surface area contributed by atoms with Crippen molar-refractivity contribution in [2.45, 2.75) is 12.8 Å². The fourth-order valence-corrected chi connectivity index (χ4v) is 3.48. The number of amides is 3. The summed E-state index contributed by atoms with van der Waals surface area (Å²) in [5.41, 5.74) is 0.662. The molecular weight excluding hydrogens is 395 g/mol. The molecule has 1 aliphatic heterocycles. The van der Waals surface area contributed by atoms with E-state index in [-0.39, 0.29) is 36.1 Å². The lowest BCUT2D eigenvalue weighted by atomic mass is 9.85. The van der Waals surface area contributed by atoms with Gasteiger partial charge in [-0.3, -0.25) is 19.3 Å². The van der Waals surface area contributed by atoms with Gasteiger partial charge in [-0.2, -0.15) is 0 Å². The van der Waals surface area contributed by atoms with E-state index in [1.807, 2.05) is 30.4 Å². The molecule has 22 heavy (non-hydrogen) atoms. The molecule has 0 aromatic heterocycles. The van der Waals surface area contributed by atoms with E-state index in [0.29, 0.717) is 18.5 Å². The fraction of sp³-hybridized carbons (Fsp3) is 0.312. The summed E-state index contributed by atoms with van der Waals surface area (Å²) in [6, 6.07) is 7.36. The summed E-state index contributed by atoms with van der Waals surface area (Å²) in [5.74, 6) is -1.38. The molecule has 1 aromatic carbocycles. The Kier molecular flexibility index (Phi) is 4.28. The summed E-state index contributed by atoms with van der Waals surface area (Å²) in [5, 5.41) is 2.73. The monoisotopic (exact) mass is 410 g/mol. The molecule has 1 aromatic rings. The zero-order valence-corrected chi connectivity index (χ0v) is 13.9. The number of carbonyl (C=O) groups is 3. The molecule has 2 aliphatic rings. The van der Waals surface area contributed by atoms with Crippen molar-refractivity contribution in [2.24, 2.45) is 11.8 Å². The van der Waals surface area contributed by atoms with Crippen LogP contribution in [0, 0.1) is 15.4 Å². The van der Waals surface area contributed by atoms with Gasteiger partial charge in [-0.15, -0.1) is 0 Å². The first-order chi connectivity index (χ1) is 10.6. The first-order valence-electron chi connectivity index (χ1n) is 7.12. The minimum Gasteiger partial charge on any atom is -0.324 e. The summed E-state index contributed by atoms with van der Waals surface area (Å²) >= 11 is 2.15. The Morgan fingerprint density at radius 3 is 2.41 bits per heavy atom. The minimum atomic E-state index is -0.352. The zero-order valence-electron chi connectivity index (χ0n) is 11.8. The number of nitrogens with zero attached hydrogens (tertiary/aromatic N) is 1. The number of hydrogen-bond acceptors (Lipinski definition) is 3. The summed E-state index contributed by atoms with van der Waals surface area (Å²) in [6.07, 6.45) is 5.04. The molecular formula is C16H15IN2O3. The molecule has 0 saturated carbocycles. The second-order valence-corrected chi connectivity index (χ2v) is 6.72. The molecule has 3 amide bonds. The first-order valence-corrected chi connectivity index (χ1v) is 8.20. The van der Waals surface area contributed by atoms with E-state index in [0.717, 1.165) is 8.47 Å². The standard InChI is InChI=1S/C16H15IN2O3/c17-10-4-3-5-11(8-10)18-14(20)9-19-15(21)12-6-1-2-7-13(12)16(19)22/h1-5,8,12-13H,6-7,9H2,(H,18,20)/t12-,13-/m0/s1. The molecule has 1 saturated heterocycles. The van der Waals surface area contributed by atoms with Gasteiger partial charge >= 0.3 is 0 Å². The molecule has 1 heterocycles. The molecule has 0 radical (unpaired) electrons. The minimum absolute atomic E-state index is 0.212. The Morgan fingerprint density at radius 1 is 1.18 bits per heavy atom. The number of imide groups is 1. The summed E-state index contributed by atoms with van der Waals surface area (Å²) in [6.45, 7) is -0.212. The van der Waals surface area contributed by atoms with Crippen LogP contribution in [0.2, 0.25) is 0 Å². The van der Waals surface area contributed by atoms with Crippen LogP contribution in [0.15, 0.2) is 36.4 Å². The lowest BCUT2D eigenvalue weighted by molar-refractivity contribution is -0.142. The average Bonchev–Trinajstić information content (AvgIpc) is 2.73. The van der Waals surface area contributed by atoms with Gasteiger partial charge in [-0.25, -0.2) is 0 Å². The van der Waals surface area contributed by atoms with Crippen LogP contribution in [-0.2, 0) is 14.4 Å². The van der Waals surface area contributed by atoms with E-state index in [9.17, 15) is 14.4 Å². The predicted molar refractivity (Wildman–Crippen MR) is 89.9 cm³/mol. The van der Waals surface area contributed by atoms with Crippen molar-refractivity contribution >= 4 is 46.0 Å². The molecule has 114 valence electrons. The Bertz CT molecular complexity index is 645. The predicted octanol–water partition coefficient (Wildman–Crippen LogP) is 2.18. The Balaban J connectivity index is 1.67. The van der Waals surface area contributed by atoms with Crippen molar-refractivity contribution in [1.82, 2.24) is 4.90 Å². The molecule has 1 aliphatic carbocycles. The molecule has 6 heteroatoms. The number of carbonyl (C=O) groups excluding carboxylic acids is 3. The number of rotatable bonds is 3. The van der Waals surface area contributed by atoms with Gasteiger partial charge in [0.1, 0.15) is 6.54 Å². The second kappa shape index (κ2) is 6.20. The van der Waals surface area contributed by atoms with Gasteiger partial charge in [0.25, 0.3) is 0 Å². The molecule has 0 bridgehead atoms. The SMILES string of the molecule is O=C(CN1C(=O)[C@H]2CC=CC[C@@H]2C1=O)Nc1cccc(I)c1. The van der Waals surface area contributed by atoms with Crippen LogP contribution in [0.5, 0.6) is 0 Å². The number of hydrogen-bond donors (Lipinski definition) is 1. The normalized spacial score (nSPS) is 23.6. The van der Waals surface area contributed by atoms with Gasteiger partial charge in [0.05, 0.1) is 11.8 Å². The van der Waals surface area contributed by atoms with E-state index in [2.05, 4.69) is 27.9 Å². The van der Waals surface area contributed by atoms with Crippen LogP contribution in [0.25, 0.3) is 0 Å². The van der Waals surface area contributed by atoms with E-state index in [4.69, 9.17) is 0 Å². The van der Waals surface area contributed by atoms with Crippen LogP contribution in [0.4, 0.5) is 5.69 Å². The molecule has 2 atom stereocenters. The average molecular weight is 410 g/mol. The van der Waals surface area contributed by atoms with Crippen molar-refractivity contribution < 1.29 is 14.4 Å². The number of benzene rings is 1. The summed E-state index contributed by atoms with van der Waals surface area (Å²) < 4.78 is 1.00. The highest BCUT2D eigenvalue weighted by atomic mass is 127. The van der Waals surface area contributed by atoms with Crippen molar-refractivity contribution in [2.75, 3.05) is 11.9 Å². The lowest BCUT2D eigenvalue weighted by Crippen LogP contribution is -2.38. The number of halogens is 1. The van der Waals surface area contributed by atoms with Crippen LogP contribution < -0.4 is 5.32 Å². The lowest BCUT2D eigenvalue weighted by Gasteiger charge is -2.14. The van der Waals surface area contributed by atoms with Gasteiger partial charge in [-0.05, 0) is 53.6 Å². The van der Waals surface area contributed by atoms with Gasteiger partial charge in [-0.1, -0.05) is 18.2 Å². The van der Waals surface area contributed by atoms with E-state index in [1.165, 1.54) is 0 Å². The van der Waals surface area contributed by atoms with Gasteiger partial charge in [0.2, 0.25) is 17.7 Å². The highest BCUT2D eigenvalue weighted by Gasteiger charge is 2.47. The molecule has 0 unspecified atom stereocenters. The molecule has 1 N–H and O–H groups in total.